The molecule has 0 bridgehead atoms. The molecule has 0 saturated heterocycles. The van der Waals surface area contributed by atoms with E-state index in [1.54, 1.807) is 0 Å². The van der Waals surface area contributed by atoms with Gasteiger partial charge >= 0.3 is 0 Å². The molecule has 10 aromatic heterocycles. The van der Waals surface area contributed by atoms with Crippen LogP contribution in [0.5, 0.6) is 0 Å². The van der Waals surface area contributed by atoms with Crippen molar-refractivity contribution in [3.8, 4) is 84.7 Å². The van der Waals surface area contributed by atoms with Gasteiger partial charge in [-0.25, -0.2) is 9.97 Å². The minimum atomic E-state index is 0.0387. The van der Waals surface area contributed by atoms with Crippen LogP contribution in [0.3, 0.4) is 0 Å². The van der Waals surface area contributed by atoms with Crippen molar-refractivity contribution < 1.29 is 45.7 Å². The molecule has 20 rings (SSSR count). The lowest BCUT2D eigenvalue weighted by Crippen LogP contribution is -2.37. The largest absolute Gasteiger partial charge is 0.252 e. The van der Waals surface area contributed by atoms with Crippen molar-refractivity contribution >= 4 is 54.5 Å². The van der Waals surface area contributed by atoms with Crippen LogP contribution in [0.15, 0.2) is 341 Å². The first-order chi connectivity index (χ1) is 64.9. The van der Waals surface area contributed by atoms with Gasteiger partial charge in [0.1, 0.15) is 57.7 Å². The van der Waals surface area contributed by atoms with Gasteiger partial charge in [-0.1, -0.05) is 151 Å². The number of para-hydroxylation sites is 5. The van der Waals surface area contributed by atoms with Crippen LogP contribution in [0.25, 0.3) is 139 Å². The van der Waals surface area contributed by atoms with Crippen LogP contribution in [-0.2, 0) is 46.1 Å². The molecule has 0 unspecified atom stereocenters. The zero-order chi connectivity index (χ0) is 95.4. The van der Waals surface area contributed by atoms with Crippen molar-refractivity contribution in [1.82, 2.24) is 24.9 Å². The Morgan fingerprint density at radius 2 is 0.659 bits per heavy atom. The first kappa shape index (κ1) is 92.9. The highest BCUT2D eigenvalue weighted by Gasteiger charge is 2.34. The summed E-state index contributed by atoms with van der Waals surface area (Å²) in [6.07, 6.45) is 25.8. The van der Waals surface area contributed by atoms with E-state index in [1.807, 2.05) is 67.9 Å². The summed E-state index contributed by atoms with van der Waals surface area (Å²) in [5.41, 5.74) is 40.6. The summed E-state index contributed by atoms with van der Waals surface area (Å²) in [5, 5.41) is 6.22. The van der Waals surface area contributed by atoms with E-state index in [4.69, 9.17) is 9.97 Å². The maximum atomic E-state index is 4.94. The zero-order valence-electron chi connectivity index (χ0n) is 82.5. The van der Waals surface area contributed by atoms with Gasteiger partial charge in [-0.3, -0.25) is 15.0 Å². The number of nitrogens with zero attached hydrogens (tertiary/aromatic N) is 15. The van der Waals surface area contributed by atoms with Gasteiger partial charge in [-0.05, 0) is 141 Å². The van der Waals surface area contributed by atoms with E-state index in [0.717, 1.165) is 56.2 Å². The van der Waals surface area contributed by atoms with Gasteiger partial charge in [-0.15, -0.1) is 0 Å². The number of benzene rings is 10. The van der Waals surface area contributed by atoms with Gasteiger partial charge in [0.05, 0.1) is 70.4 Å². The van der Waals surface area contributed by atoms with E-state index >= 15 is 0 Å². The first-order valence-corrected chi connectivity index (χ1v) is 46.5. The smallest absolute Gasteiger partial charge is 0.234 e. The van der Waals surface area contributed by atoms with Crippen molar-refractivity contribution in [3.63, 3.8) is 0 Å². The molecule has 15 heteroatoms. The minimum Gasteiger partial charge on any atom is -0.252 e. The molecule has 0 aliphatic rings. The SMILES string of the molecule is Cc1c(-[n+]2ccccc2C)cc2ccccc2c1-c1cncc[n+]1C.Cc1c(-c2cncc[n+]2C)cc(C(C)(C)C)cc1-[n+]1c(C)ccc2ccccc21.Cc1c(-c2cncc[n+]2C)cc2ccccc2c1-[n+]1ccccc1C.Cc1nc2ccccc2[n+](C)c1-c1cc(C(C)(C)C)cc(-[n+]2ccccc2C)c1C.Cc1nc2ccccc2[n+](C)c1-c1cccc(-[n+]2ccccc2C)c1C. The predicted octanol–water partition coefficient (Wildman–Crippen LogP) is 21.3. The number of fused-ring (bicyclic) bond motifs is 5. The van der Waals surface area contributed by atoms with Gasteiger partial charge in [0.25, 0.3) is 0 Å². The van der Waals surface area contributed by atoms with Gasteiger partial charge in [-0.2, -0.15) is 45.7 Å². The lowest BCUT2D eigenvalue weighted by atomic mass is 9.83. The molecule has 135 heavy (non-hydrogen) atoms. The van der Waals surface area contributed by atoms with Gasteiger partial charge < -0.3 is 0 Å². The average Bonchev–Trinajstić information content (AvgIpc) is 0.755. The summed E-state index contributed by atoms with van der Waals surface area (Å²) in [5.74, 6) is 0. The summed E-state index contributed by atoms with van der Waals surface area (Å²) in [7, 11) is 10.5. The maximum absolute atomic E-state index is 4.94. The van der Waals surface area contributed by atoms with Crippen molar-refractivity contribution in [1.29, 1.82) is 0 Å². The van der Waals surface area contributed by atoms with E-state index in [9.17, 15) is 0 Å². The second-order valence-corrected chi connectivity index (χ2v) is 37.6. The standard InChI is InChI=1S/C27H31N3.C26H29N3.C23H23N3.2C22H21N3/c1-18-12-10-11-15-30(18)25-17-21(27(4,5)6)16-22(19(25)2)26-20(3)28-23-13-8-9-14-24(23)29(26)7;1-18-11-12-20-9-7-8-10-23(20)29(18)24-16-21(26(3,4)5)15-22(19(24)2)25-17-27-13-14-28(25)6;1-16-10-7-8-15-26(16)21-14-9-11-19(17(21)2)23-18(3)24-20-12-5-6-13-22(20)25(23)4;1-16-8-6-7-12-25(16)20-14-18-9-4-5-10-19(18)22(17(20)2)21-15-23-11-13-24(21)3;1-16-8-6-7-12-25(16)22-17(2)20(21-15-23-11-13-24(21)3)14-18-9-4-5-10-19(18)22/h8-17H,1-7H3;7-17H,1-6H3;5-15H,1-4H3;2*4-15H,1-3H3/q5*+2. The van der Waals surface area contributed by atoms with Crippen molar-refractivity contribution in [2.24, 2.45) is 35.2 Å². The average molecular weight is 1780 g/mol. The van der Waals surface area contributed by atoms with Gasteiger partial charge in [0, 0.05) is 165 Å². The summed E-state index contributed by atoms with van der Waals surface area (Å²) < 4.78 is 22.4. The summed E-state index contributed by atoms with van der Waals surface area (Å²) in [6, 6.07) is 92.4. The third kappa shape index (κ3) is 19.0. The second kappa shape index (κ2) is 39.2. The molecule has 0 aliphatic heterocycles. The molecule has 10 heterocycles. The van der Waals surface area contributed by atoms with E-state index < -0.39 is 0 Å². The second-order valence-electron chi connectivity index (χ2n) is 37.6. The predicted molar refractivity (Wildman–Crippen MR) is 544 cm³/mol. The molecule has 10 aromatic carbocycles. The molecule has 0 aliphatic carbocycles. The summed E-state index contributed by atoms with van der Waals surface area (Å²) in [4.78, 5) is 22.9. The quantitative estimate of drug-likeness (QED) is 0.127. The lowest BCUT2D eigenvalue weighted by Gasteiger charge is -2.21. The summed E-state index contributed by atoms with van der Waals surface area (Å²) >= 11 is 0. The van der Waals surface area contributed by atoms with E-state index in [-0.39, 0.29) is 10.8 Å². The van der Waals surface area contributed by atoms with Crippen LogP contribution in [0, 0.1) is 83.1 Å². The highest BCUT2D eigenvalue weighted by atomic mass is 15.0. The summed E-state index contributed by atoms with van der Waals surface area (Å²) in [6.45, 7) is 39.6. The molecule has 0 amide bonds. The van der Waals surface area contributed by atoms with Crippen LogP contribution >= 0.6 is 0 Å². The Labute approximate surface area is 795 Å². The zero-order valence-corrected chi connectivity index (χ0v) is 82.5. The van der Waals surface area contributed by atoms with Crippen molar-refractivity contribution in [2.45, 2.75) is 135 Å². The molecule has 0 saturated carbocycles. The Morgan fingerprint density at radius 3 is 1.16 bits per heavy atom. The lowest BCUT2D eigenvalue weighted by molar-refractivity contribution is -0.661. The third-order valence-corrected chi connectivity index (χ3v) is 26.5. The van der Waals surface area contributed by atoms with Crippen molar-refractivity contribution in [3.05, 3.63) is 420 Å². The number of hydrogen-bond acceptors (Lipinski definition) is 5. The topological polar surface area (TPSA) is 103 Å². The molecule has 20 aromatic rings. The van der Waals surface area contributed by atoms with Crippen LogP contribution in [-0.4, -0.2) is 24.9 Å². The number of hydrogen-bond donors (Lipinski definition) is 0. The fourth-order valence-corrected chi connectivity index (χ4v) is 18.9. The van der Waals surface area contributed by atoms with E-state index in [2.05, 4.69) is 494 Å². The molecule has 15 nitrogen and oxygen atoms in total. The van der Waals surface area contributed by atoms with Crippen LogP contribution in [0.4, 0.5) is 0 Å². The molecular formula is C120H125N15+10. The molecule has 0 fully saturated rings. The number of aryl methyl sites for hydroxylation is 12. The Morgan fingerprint density at radius 1 is 0.267 bits per heavy atom. The number of aromatic nitrogens is 15. The van der Waals surface area contributed by atoms with E-state index in [0.29, 0.717) is 0 Å². The normalized spacial score (nSPS) is 11.4. The minimum absolute atomic E-state index is 0.0387. The molecular weight excluding hydrogens is 1650 g/mol. The van der Waals surface area contributed by atoms with Gasteiger partial charge in [0.2, 0.25) is 73.5 Å². The molecule has 0 radical (unpaired) electrons. The number of pyridine rings is 5. The maximum Gasteiger partial charge on any atom is 0.234 e. The highest BCUT2D eigenvalue weighted by molar-refractivity contribution is 5.99. The van der Waals surface area contributed by atoms with Crippen LogP contribution in [0.1, 0.15) is 120 Å². The van der Waals surface area contributed by atoms with Crippen LogP contribution < -0.4 is 45.7 Å². The molecule has 0 spiro atoms. The third-order valence-electron chi connectivity index (χ3n) is 26.5. The Bertz CT molecular complexity index is 7760. The fraction of sp³-hybridized carbons (Fsp3) is 0.208. The Balaban J connectivity index is 0.000000123. The van der Waals surface area contributed by atoms with Crippen molar-refractivity contribution in [2.75, 3.05) is 0 Å². The Hall–Kier alpha value is -15.4. The van der Waals surface area contributed by atoms with Gasteiger partial charge in [0.15, 0.2) is 71.8 Å². The monoisotopic (exact) mass is 1780 g/mol. The van der Waals surface area contributed by atoms with Crippen LogP contribution in [0.2, 0.25) is 0 Å². The molecule has 0 atom stereocenters. The fourth-order valence-electron chi connectivity index (χ4n) is 18.9. The molecule has 0 N–H and O–H groups in total. The molecule has 670 valence electrons. The number of rotatable bonds is 10. The van der Waals surface area contributed by atoms with E-state index in [1.165, 1.54) is 162 Å². The Kier molecular flexibility index (Phi) is 27.0. The first-order valence-electron chi connectivity index (χ1n) is 46.5. The highest BCUT2D eigenvalue weighted by Crippen LogP contribution is 2.39.